The summed E-state index contributed by atoms with van der Waals surface area (Å²) in [6.45, 7) is 4.89. The van der Waals surface area contributed by atoms with Crippen molar-refractivity contribution in [2.75, 3.05) is 32.8 Å². The molecule has 5 rings (SSSR count). The van der Waals surface area contributed by atoms with Crippen LogP contribution in [-0.4, -0.2) is 58.5 Å². The number of ether oxygens (including phenoxy) is 1. The summed E-state index contributed by atoms with van der Waals surface area (Å²) in [5, 5.41) is 0. The second-order valence-corrected chi connectivity index (χ2v) is 10.2. The topological polar surface area (TPSA) is 58.6 Å². The van der Waals surface area contributed by atoms with Gasteiger partial charge in [-0.05, 0) is 73.4 Å². The molecule has 0 saturated carbocycles. The minimum Gasteiger partial charge on any atom is -0.492 e. The highest BCUT2D eigenvalue weighted by atomic mass is 16.5. The average Bonchev–Trinajstić information content (AvgIpc) is 2.92. The van der Waals surface area contributed by atoms with Gasteiger partial charge in [-0.2, -0.15) is 0 Å². The zero-order chi connectivity index (χ0) is 24.6. The smallest absolute Gasteiger partial charge is 0.272 e. The highest BCUT2D eigenvalue weighted by Gasteiger charge is 2.37. The van der Waals surface area contributed by atoms with E-state index in [1.807, 2.05) is 35.4 Å². The van der Waals surface area contributed by atoms with E-state index in [-0.39, 0.29) is 11.3 Å². The van der Waals surface area contributed by atoms with Crippen molar-refractivity contribution in [3.63, 3.8) is 0 Å². The van der Waals surface area contributed by atoms with Crippen LogP contribution in [0.5, 0.6) is 5.75 Å². The number of piperidine rings is 1. The van der Waals surface area contributed by atoms with Crippen LogP contribution in [0.25, 0.3) is 0 Å². The van der Waals surface area contributed by atoms with Crippen molar-refractivity contribution < 1.29 is 9.53 Å². The van der Waals surface area contributed by atoms with E-state index in [0.29, 0.717) is 12.3 Å². The first-order valence-corrected chi connectivity index (χ1v) is 13.2. The van der Waals surface area contributed by atoms with Crippen molar-refractivity contribution in [1.29, 1.82) is 0 Å². The van der Waals surface area contributed by atoms with Gasteiger partial charge in [0.1, 0.15) is 18.1 Å². The molecule has 0 N–H and O–H groups in total. The summed E-state index contributed by atoms with van der Waals surface area (Å²) in [5.41, 5.74) is 3.12. The Kier molecular flexibility index (Phi) is 7.91. The SMILES string of the molecule is O=C(c1ccccn1)N1CCC2(CCCCc3ccccc3OCCN(Cc3ccccn3)C2)CC1. The third kappa shape index (κ3) is 6.11. The van der Waals surface area contributed by atoms with Crippen molar-refractivity contribution >= 4 is 5.91 Å². The quantitative estimate of drug-likeness (QED) is 0.523. The van der Waals surface area contributed by atoms with E-state index >= 15 is 0 Å². The molecule has 1 saturated heterocycles. The molecule has 4 heterocycles. The Morgan fingerprint density at radius 2 is 1.64 bits per heavy atom. The van der Waals surface area contributed by atoms with Crippen molar-refractivity contribution in [1.82, 2.24) is 19.8 Å². The summed E-state index contributed by atoms with van der Waals surface area (Å²) < 4.78 is 6.28. The lowest BCUT2D eigenvalue weighted by Crippen LogP contribution is -2.48. The number of rotatable bonds is 3. The van der Waals surface area contributed by atoms with Gasteiger partial charge in [0.05, 0.1) is 5.69 Å². The van der Waals surface area contributed by atoms with Gasteiger partial charge >= 0.3 is 0 Å². The molecule has 1 amide bonds. The van der Waals surface area contributed by atoms with Crippen molar-refractivity contribution in [2.24, 2.45) is 5.41 Å². The predicted molar refractivity (Wildman–Crippen MR) is 141 cm³/mol. The number of carbonyl (C=O) groups excluding carboxylic acids is 1. The van der Waals surface area contributed by atoms with E-state index < -0.39 is 0 Å². The summed E-state index contributed by atoms with van der Waals surface area (Å²) in [4.78, 5) is 26.4. The van der Waals surface area contributed by atoms with Crippen molar-refractivity contribution in [3.8, 4) is 5.75 Å². The molecule has 188 valence electrons. The number of hydrogen-bond acceptors (Lipinski definition) is 5. The first kappa shape index (κ1) is 24.4. The Hall–Kier alpha value is -3.25. The summed E-state index contributed by atoms with van der Waals surface area (Å²) in [6.07, 6.45) is 10.2. The molecular formula is C30H36N4O2. The molecule has 6 heteroatoms. The van der Waals surface area contributed by atoms with Gasteiger partial charge in [-0.25, -0.2) is 0 Å². The van der Waals surface area contributed by atoms with Crippen LogP contribution < -0.4 is 4.74 Å². The Morgan fingerprint density at radius 3 is 2.42 bits per heavy atom. The van der Waals surface area contributed by atoms with Crippen LogP contribution in [-0.2, 0) is 13.0 Å². The molecule has 2 aliphatic heterocycles. The van der Waals surface area contributed by atoms with Crippen LogP contribution in [0, 0.1) is 5.41 Å². The van der Waals surface area contributed by atoms with Gasteiger partial charge in [0, 0.05) is 45.1 Å². The Morgan fingerprint density at radius 1 is 0.861 bits per heavy atom. The second-order valence-electron chi connectivity index (χ2n) is 10.2. The van der Waals surface area contributed by atoms with Gasteiger partial charge < -0.3 is 9.64 Å². The van der Waals surface area contributed by atoms with E-state index in [1.165, 1.54) is 18.4 Å². The fraction of sp³-hybridized carbons (Fsp3) is 0.433. The lowest BCUT2D eigenvalue weighted by Gasteiger charge is -2.45. The maximum atomic E-state index is 13.0. The van der Waals surface area contributed by atoms with Gasteiger partial charge in [-0.1, -0.05) is 36.8 Å². The van der Waals surface area contributed by atoms with Crippen LogP contribution in [0.15, 0.2) is 73.1 Å². The highest BCUT2D eigenvalue weighted by molar-refractivity contribution is 5.92. The molecule has 2 aliphatic rings. The predicted octanol–water partition coefficient (Wildman–Crippen LogP) is 5.01. The number of pyridine rings is 2. The average molecular weight is 485 g/mol. The summed E-state index contributed by atoms with van der Waals surface area (Å²) >= 11 is 0. The molecule has 1 aromatic carbocycles. The third-order valence-corrected chi connectivity index (χ3v) is 7.71. The largest absolute Gasteiger partial charge is 0.492 e. The molecule has 2 aromatic heterocycles. The van der Waals surface area contributed by atoms with Gasteiger partial charge in [-0.3, -0.25) is 19.7 Å². The van der Waals surface area contributed by atoms with E-state index in [4.69, 9.17) is 4.74 Å². The molecule has 1 spiro atoms. The molecule has 0 atom stereocenters. The molecule has 1 fully saturated rings. The Balaban J connectivity index is 1.32. The Labute approximate surface area is 214 Å². The van der Waals surface area contributed by atoms with Crippen LogP contribution in [0.3, 0.4) is 0 Å². The zero-order valence-corrected chi connectivity index (χ0v) is 21.0. The number of carbonyl (C=O) groups is 1. The van der Waals surface area contributed by atoms with Gasteiger partial charge in [0.2, 0.25) is 0 Å². The highest BCUT2D eigenvalue weighted by Crippen LogP contribution is 2.39. The molecule has 36 heavy (non-hydrogen) atoms. The van der Waals surface area contributed by atoms with Crippen LogP contribution >= 0.6 is 0 Å². The standard InChI is InChI=1S/C30H36N4O2/c35-29(27-12-5-8-18-32-27)34-19-15-30(16-20-34)14-6-3-10-25-9-1-2-13-28(25)36-22-21-33(24-30)23-26-11-4-7-17-31-26/h1-2,4-5,7-9,11-13,17-18H,3,6,10,14-16,19-24H2. The van der Waals surface area contributed by atoms with Crippen LogP contribution in [0.1, 0.15) is 53.8 Å². The van der Waals surface area contributed by atoms with E-state index in [9.17, 15) is 4.79 Å². The third-order valence-electron chi connectivity index (χ3n) is 7.71. The van der Waals surface area contributed by atoms with Gasteiger partial charge in [0.15, 0.2) is 0 Å². The maximum absolute atomic E-state index is 13.0. The molecule has 3 aromatic rings. The number of para-hydroxylation sites is 1. The normalized spacial score (nSPS) is 18.9. The fourth-order valence-electron chi connectivity index (χ4n) is 5.68. The summed E-state index contributed by atoms with van der Waals surface area (Å²) in [5.74, 6) is 1.07. The lowest BCUT2D eigenvalue weighted by atomic mass is 9.73. The number of likely N-dealkylation sites (tertiary alicyclic amines) is 1. The molecule has 0 unspecified atom stereocenters. The zero-order valence-electron chi connectivity index (χ0n) is 21.0. The number of nitrogens with zero attached hydrogens (tertiary/aromatic N) is 4. The molecule has 0 bridgehead atoms. The van der Waals surface area contributed by atoms with Gasteiger partial charge in [0.25, 0.3) is 5.91 Å². The van der Waals surface area contributed by atoms with Crippen LogP contribution in [0.2, 0.25) is 0 Å². The number of fused-ring (bicyclic) bond motifs is 1. The van der Waals surface area contributed by atoms with Crippen molar-refractivity contribution in [3.05, 3.63) is 90.0 Å². The minimum atomic E-state index is 0.0500. The number of amides is 1. The Bertz CT molecular complexity index is 1110. The van der Waals surface area contributed by atoms with Gasteiger partial charge in [-0.15, -0.1) is 0 Å². The molecule has 0 radical (unpaired) electrons. The second kappa shape index (κ2) is 11.7. The molecule has 6 nitrogen and oxygen atoms in total. The summed E-state index contributed by atoms with van der Waals surface area (Å²) in [7, 11) is 0. The van der Waals surface area contributed by atoms with E-state index in [0.717, 1.165) is 69.9 Å². The molecule has 0 aliphatic carbocycles. The number of aromatic nitrogens is 2. The monoisotopic (exact) mass is 484 g/mol. The minimum absolute atomic E-state index is 0.0500. The lowest BCUT2D eigenvalue weighted by molar-refractivity contribution is 0.0355. The van der Waals surface area contributed by atoms with Crippen molar-refractivity contribution in [2.45, 2.75) is 45.1 Å². The summed E-state index contributed by atoms with van der Waals surface area (Å²) in [6, 6.07) is 20.1. The van der Waals surface area contributed by atoms with E-state index in [2.05, 4.69) is 51.3 Å². The number of aryl methyl sites for hydroxylation is 1. The maximum Gasteiger partial charge on any atom is 0.272 e. The number of hydrogen-bond donors (Lipinski definition) is 0. The first-order chi connectivity index (χ1) is 17.7. The fourth-order valence-corrected chi connectivity index (χ4v) is 5.68. The van der Waals surface area contributed by atoms with Crippen LogP contribution in [0.4, 0.5) is 0 Å². The molecular weight excluding hydrogens is 448 g/mol. The van der Waals surface area contributed by atoms with E-state index in [1.54, 1.807) is 6.20 Å². The number of benzene rings is 1. The first-order valence-electron chi connectivity index (χ1n) is 13.2.